The fourth-order valence-corrected chi connectivity index (χ4v) is 3.75. The highest BCUT2D eigenvalue weighted by molar-refractivity contribution is 14.0. The van der Waals surface area contributed by atoms with Gasteiger partial charge in [-0.15, -0.1) is 35.3 Å². The van der Waals surface area contributed by atoms with Crippen molar-refractivity contribution in [2.45, 2.75) is 32.7 Å². The van der Waals surface area contributed by atoms with Crippen molar-refractivity contribution >= 4 is 52.9 Å². The summed E-state index contributed by atoms with van der Waals surface area (Å²) in [6.07, 6.45) is 3.03. The van der Waals surface area contributed by atoms with Crippen LogP contribution in [0.2, 0.25) is 4.34 Å². The van der Waals surface area contributed by atoms with Crippen LogP contribution in [0.1, 0.15) is 35.9 Å². The predicted octanol–water partition coefficient (Wildman–Crippen LogP) is 4.13. The summed E-state index contributed by atoms with van der Waals surface area (Å²) in [5.41, 5.74) is 2.39. The van der Waals surface area contributed by atoms with Crippen LogP contribution < -0.4 is 5.32 Å². The topological polar surface area (TPSA) is 45.5 Å². The summed E-state index contributed by atoms with van der Waals surface area (Å²) in [5.74, 6) is 1.30. The van der Waals surface area contributed by atoms with Gasteiger partial charge < -0.3 is 10.2 Å². The Kier molecular flexibility index (Phi) is 9.23. The largest absolute Gasteiger partial charge is 0.356 e. The summed E-state index contributed by atoms with van der Waals surface area (Å²) >= 11 is 7.60. The van der Waals surface area contributed by atoms with Crippen molar-refractivity contribution in [1.29, 1.82) is 0 Å². The number of aryl methyl sites for hydroxylation is 1. The van der Waals surface area contributed by atoms with Crippen LogP contribution in [-0.2, 0) is 20.0 Å². The van der Waals surface area contributed by atoms with E-state index in [1.807, 2.05) is 24.8 Å². The summed E-state index contributed by atoms with van der Waals surface area (Å²) in [6, 6.07) is 4.02. The normalized spacial score (nSPS) is 11.6. The molecule has 0 aromatic carbocycles. The number of aliphatic imine (C=N–C) groups is 1. The fourth-order valence-electron chi connectivity index (χ4n) is 2.66. The van der Waals surface area contributed by atoms with Crippen LogP contribution in [0.5, 0.6) is 0 Å². The molecule has 5 nitrogen and oxygen atoms in total. The average Bonchev–Trinajstić information content (AvgIpc) is 3.09. The van der Waals surface area contributed by atoms with Gasteiger partial charge in [0, 0.05) is 50.9 Å². The zero-order chi connectivity index (χ0) is 17.7. The van der Waals surface area contributed by atoms with Gasteiger partial charge >= 0.3 is 0 Å². The Bertz CT molecular complexity index is 695. The first-order valence-corrected chi connectivity index (χ1v) is 9.28. The molecule has 0 fully saturated rings. The van der Waals surface area contributed by atoms with Gasteiger partial charge in [0.05, 0.1) is 10.0 Å². The second-order valence-corrected chi connectivity index (χ2v) is 7.95. The monoisotopic (exact) mass is 495 g/mol. The van der Waals surface area contributed by atoms with E-state index in [1.165, 1.54) is 10.4 Å². The number of thiophene rings is 1. The molecule has 2 aromatic rings. The van der Waals surface area contributed by atoms with E-state index in [-0.39, 0.29) is 24.0 Å². The maximum atomic E-state index is 5.97. The Hall–Kier alpha value is -0.800. The zero-order valence-electron chi connectivity index (χ0n) is 15.4. The number of rotatable bonds is 6. The molecule has 1 N–H and O–H groups in total. The second-order valence-electron chi connectivity index (χ2n) is 6.15. The molecule has 0 aliphatic rings. The van der Waals surface area contributed by atoms with Crippen molar-refractivity contribution in [3.63, 3.8) is 0 Å². The highest BCUT2D eigenvalue weighted by Crippen LogP contribution is 2.21. The lowest BCUT2D eigenvalue weighted by atomic mass is 10.1. The van der Waals surface area contributed by atoms with E-state index in [0.29, 0.717) is 5.92 Å². The van der Waals surface area contributed by atoms with Crippen LogP contribution in [0.4, 0.5) is 0 Å². The highest BCUT2D eigenvalue weighted by atomic mass is 127. The van der Waals surface area contributed by atoms with Crippen molar-refractivity contribution < 1.29 is 0 Å². The van der Waals surface area contributed by atoms with Crippen LogP contribution in [0.3, 0.4) is 0 Å². The minimum atomic E-state index is 0. The van der Waals surface area contributed by atoms with Gasteiger partial charge in [0.15, 0.2) is 5.96 Å². The van der Waals surface area contributed by atoms with Crippen molar-refractivity contribution in [3.8, 4) is 0 Å². The summed E-state index contributed by atoms with van der Waals surface area (Å²) in [6.45, 7) is 5.96. The molecule has 0 amide bonds. The second kappa shape index (κ2) is 10.4. The number of aromatic nitrogens is 2. The molecular weight excluding hydrogens is 469 g/mol. The van der Waals surface area contributed by atoms with Gasteiger partial charge in [-0.05, 0) is 24.5 Å². The fraction of sp³-hybridized carbons (Fsp3) is 0.529. The van der Waals surface area contributed by atoms with E-state index >= 15 is 0 Å². The van der Waals surface area contributed by atoms with E-state index in [4.69, 9.17) is 11.6 Å². The minimum absolute atomic E-state index is 0. The van der Waals surface area contributed by atoms with Crippen LogP contribution in [0, 0.1) is 0 Å². The van der Waals surface area contributed by atoms with Gasteiger partial charge in [-0.1, -0.05) is 25.4 Å². The third-order valence-corrected chi connectivity index (χ3v) is 5.04. The molecule has 140 valence electrons. The predicted molar refractivity (Wildman–Crippen MR) is 119 cm³/mol. The molecule has 0 spiro atoms. The maximum Gasteiger partial charge on any atom is 0.193 e. The first-order chi connectivity index (χ1) is 11.4. The van der Waals surface area contributed by atoms with Crippen molar-refractivity contribution in [1.82, 2.24) is 20.0 Å². The average molecular weight is 496 g/mol. The van der Waals surface area contributed by atoms with Gasteiger partial charge in [-0.25, -0.2) is 0 Å². The number of nitrogens with one attached hydrogen (secondary N) is 1. The Morgan fingerprint density at radius 1 is 1.44 bits per heavy atom. The van der Waals surface area contributed by atoms with Gasteiger partial charge in [-0.2, -0.15) is 5.10 Å². The molecule has 0 aliphatic heterocycles. The Morgan fingerprint density at radius 2 is 2.16 bits per heavy atom. The van der Waals surface area contributed by atoms with Crippen LogP contribution >= 0.6 is 46.9 Å². The van der Waals surface area contributed by atoms with E-state index in [9.17, 15) is 0 Å². The van der Waals surface area contributed by atoms with Crippen molar-refractivity contribution in [2.24, 2.45) is 12.0 Å². The quantitative estimate of drug-likeness (QED) is 0.372. The number of guanidine groups is 1. The Labute approximate surface area is 176 Å². The van der Waals surface area contributed by atoms with Crippen molar-refractivity contribution in [2.75, 3.05) is 20.6 Å². The third kappa shape index (κ3) is 6.45. The molecule has 0 radical (unpaired) electrons. The van der Waals surface area contributed by atoms with Gasteiger partial charge in [-0.3, -0.25) is 9.67 Å². The molecule has 8 heteroatoms. The van der Waals surface area contributed by atoms with Gasteiger partial charge in [0.1, 0.15) is 0 Å². The number of nitrogens with zero attached hydrogens (tertiary/aromatic N) is 4. The Morgan fingerprint density at radius 3 is 2.72 bits per heavy atom. The maximum absolute atomic E-state index is 5.97. The molecular formula is C17H27ClIN5S. The standard InChI is InChI=1S/C17H26ClN5S.HI/c1-12(2)16-13(11-23(5)21-16)10-22(4)17(19-3)20-9-8-14-6-7-15(18)24-14;/h6-7,11-12H,8-10H2,1-5H3,(H,19,20);1H. The number of halogens is 2. The van der Waals surface area contributed by atoms with Crippen LogP contribution in [0.25, 0.3) is 0 Å². The zero-order valence-corrected chi connectivity index (χ0v) is 19.3. The van der Waals surface area contributed by atoms with Crippen LogP contribution in [0.15, 0.2) is 23.3 Å². The summed E-state index contributed by atoms with van der Waals surface area (Å²) in [5, 5.41) is 7.99. The summed E-state index contributed by atoms with van der Waals surface area (Å²) in [7, 11) is 5.83. The summed E-state index contributed by atoms with van der Waals surface area (Å²) < 4.78 is 2.72. The van der Waals surface area contributed by atoms with Gasteiger partial charge in [0.25, 0.3) is 0 Å². The minimum Gasteiger partial charge on any atom is -0.356 e. The molecule has 0 atom stereocenters. The van der Waals surface area contributed by atoms with E-state index in [0.717, 1.165) is 35.5 Å². The molecule has 0 unspecified atom stereocenters. The van der Waals surface area contributed by atoms with E-state index in [2.05, 4.69) is 53.5 Å². The first kappa shape index (κ1) is 22.2. The first-order valence-electron chi connectivity index (χ1n) is 8.09. The third-order valence-electron chi connectivity index (χ3n) is 3.75. The molecule has 0 saturated heterocycles. The molecule has 25 heavy (non-hydrogen) atoms. The Balaban J connectivity index is 0.00000312. The lowest BCUT2D eigenvalue weighted by Crippen LogP contribution is -2.39. The highest BCUT2D eigenvalue weighted by Gasteiger charge is 2.15. The van der Waals surface area contributed by atoms with Gasteiger partial charge in [0.2, 0.25) is 0 Å². The van der Waals surface area contributed by atoms with Crippen LogP contribution in [-0.4, -0.2) is 41.3 Å². The SMILES string of the molecule is CN=C(NCCc1ccc(Cl)s1)N(C)Cc1cn(C)nc1C(C)C.I. The lowest BCUT2D eigenvalue weighted by Gasteiger charge is -2.22. The lowest BCUT2D eigenvalue weighted by molar-refractivity contribution is 0.474. The molecule has 0 saturated carbocycles. The molecule has 0 bridgehead atoms. The smallest absolute Gasteiger partial charge is 0.193 e. The molecule has 0 aliphatic carbocycles. The molecule has 2 heterocycles. The molecule has 2 aromatic heterocycles. The summed E-state index contributed by atoms with van der Waals surface area (Å²) in [4.78, 5) is 7.79. The number of hydrogen-bond acceptors (Lipinski definition) is 3. The molecule has 2 rings (SSSR count). The number of hydrogen-bond donors (Lipinski definition) is 1. The van der Waals surface area contributed by atoms with E-state index in [1.54, 1.807) is 11.3 Å². The van der Waals surface area contributed by atoms with E-state index < -0.39 is 0 Å². The van der Waals surface area contributed by atoms with Crippen molar-refractivity contribution in [3.05, 3.63) is 38.8 Å².